The smallest absolute Gasteiger partial charge is 0.223 e. The van der Waals surface area contributed by atoms with Crippen LogP contribution in [0.2, 0.25) is 5.02 Å². The van der Waals surface area contributed by atoms with E-state index in [0.717, 1.165) is 48.6 Å². The lowest BCUT2D eigenvalue weighted by molar-refractivity contribution is -0.174. The molecular weight excluding hydrogens is 388 g/mol. The van der Waals surface area contributed by atoms with Gasteiger partial charge in [0.25, 0.3) is 0 Å². The van der Waals surface area contributed by atoms with Crippen molar-refractivity contribution >= 4 is 28.4 Å². The normalized spacial score (nSPS) is 31.0. The molecule has 6 rings (SSSR count). The molecule has 0 radical (unpaired) electrons. The van der Waals surface area contributed by atoms with Gasteiger partial charge in [-0.2, -0.15) is 0 Å². The third-order valence-electron chi connectivity index (χ3n) is 7.18. The molecule has 2 N–H and O–H groups in total. The zero-order valence-electron chi connectivity index (χ0n) is 16.4. The second-order valence-electron chi connectivity index (χ2n) is 9.16. The number of carbonyl (C=O) groups is 1. The number of ether oxygens (including phenoxy) is 1. The van der Waals surface area contributed by atoms with Crippen molar-refractivity contribution in [3.63, 3.8) is 0 Å². The molecule has 2 saturated carbocycles. The number of carbonyl (C=O) groups excluding carboxylic acids is 1. The third kappa shape index (κ3) is 3.32. The quantitative estimate of drug-likeness (QED) is 0.744. The number of methoxy groups -OCH3 is 1. The number of hydrogen-bond donors (Lipinski definition) is 2. The molecular formula is C23H31ClN2O3. The number of benzene rings is 1. The highest BCUT2D eigenvalue weighted by Gasteiger charge is 2.54. The molecule has 2 saturated heterocycles. The monoisotopic (exact) mass is 418 g/mol. The summed E-state index contributed by atoms with van der Waals surface area (Å²) in [7, 11) is 1.61. The van der Waals surface area contributed by atoms with Gasteiger partial charge < -0.3 is 19.7 Å². The van der Waals surface area contributed by atoms with E-state index in [2.05, 4.69) is 16.8 Å². The van der Waals surface area contributed by atoms with E-state index in [1.165, 1.54) is 0 Å². The molecule has 2 aliphatic carbocycles. The summed E-state index contributed by atoms with van der Waals surface area (Å²) in [5.74, 6) is 1.55. The minimum atomic E-state index is -0.522. The summed E-state index contributed by atoms with van der Waals surface area (Å²) >= 11 is 6.23. The molecule has 2 aliphatic heterocycles. The number of piperidine rings is 2. The van der Waals surface area contributed by atoms with E-state index in [4.69, 9.17) is 16.3 Å². The average Bonchev–Trinajstić information content (AvgIpc) is 3.01. The number of fused-ring (bicyclic) bond motifs is 1. The Bertz CT molecular complexity index is 924. The maximum Gasteiger partial charge on any atom is 0.223 e. The zero-order valence-corrected chi connectivity index (χ0v) is 17.1. The van der Waals surface area contributed by atoms with Crippen molar-refractivity contribution in [3.8, 4) is 5.75 Å². The van der Waals surface area contributed by atoms with E-state index in [9.17, 15) is 9.90 Å². The number of aliphatic hydroxyl groups is 1. The van der Waals surface area contributed by atoms with Crippen molar-refractivity contribution in [3.05, 3.63) is 28.9 Å². The molecule has 2 aromatic rings. The van der Waals surface area contributed by atoms with Gasteiger partial charge in [0.05, 0.1) is 17.7 Å². The van der Waals surface area contributed by atoms with Crippen molar-refractivity contribution in [2.45, 2.75) is 76.5 Å². The Morgan fingerprint density at radius 1 is 1.34 bits per heavy atom. The predicted octanol–water partition coefficient (Wildman–Crippen LogP) is 4.86. The van der Waals surface area contributed by atoms with Crippen molar-refractivity contribution in [1.82, 2.24) is 9.88 Å². The van der Waals surface area contributed by atoms with E-state index in [-0.39, 0.29) is 31.3 Å². The Hall–Kier alpha value is -1.72. The summed E-state index contributed by atoms with van der Waals surface area (Å²) in [5, 5.41) is 12.4. The number of H-pyrrole nitrogens is 1. The van der Waals surface area contributed by atoms with E-state index >= 15 is 0 Å². The first-order valence-electron chi connectivity index (χ1n) is 10.2. The first kappa shape index (κ1) is 20.5. The second kappa shape index (κ2) is 7.21. The highest BCUT2D eigenvalue weighted by molar-refractivity contribution is 6.32. The fourth-order valence-corrected chi connectivity index (χ4v) is 6.42. The summed E-state index contributed by atoms with van der Waals surface area (Å²) < 4.78 is 5.36. The second-order valence-corrected chi connectivity index (χ2v) is 9.57. The topological polar surface area (TPSA) is 65.6 Å². The van der Waals surface area contributed by atoms with Crippen LogP contribution in [-0.2, 0) is 4.79 Å². The van der Waals surface area contributed by atoms with Crippen LogP contribution in [-0.4, -0.2) is 45.7 Å². The summed E-state index contributed by atoms with van der Waals surface area (Å²) in [6, 6.07) is 4.26. The zero-order chi connectivity index (χ0) is 19.6. The maximum absolute atomic E-state index is 13.2. The van der Waals surface area contributed by atoms with Crippen LogP contribution in [0.3, 0.4) is 0 Å². The minimum absolute atomic E-state index is 0. The molecule has 1 amide bonds. The Kier molecular flexibility index (Phi) is 5.11. The van der Waals surface area contributed by atoms with Crippen LogP contribution in [0.15, 0.2) is 18.3 Å². The number of hydrogen-bond acceptors (Lipinski definition) is 3. The van der Waals surface area contributed by atoms with E-state index in [0.29, 0.717) is 23.1 Å². The van der Waals surface area contributed by atoms with Crippen molar-refractivity contribution in [1.29, 1.82) is 0 Å². The molecule has 29 heavy (non-hydrogen) atoms. The fraction of sp³-hybridized carbons (Fsp3) is 0.609. The summed E-state index contributed by atoms with van der Waals surface area (Å²) in [6.45, 7) is 2.10. The van der Waals surface area contributed by atoms with Crippen LogP contribution in [0.5, 0.6) is 5.75 Å². The maximum atomic E-state index is 13.2. The molecule has 4 fully saturated rings. The van der Waals surface area contributed by atoms with Crippen LogP contribution in [0.25, 0.3) is 10.9 Å². The predicted molar refractivity (Wildman–Crippen MR) is 116 cm³/mol. The highest BCUT2D eigenvalue weighted by Crippen LogP contribution is 2.51. The van der Waals surface area contributed by atoms with Crippen LogP contribution in [0, 0.1) is 5.92 Å². The number of nitrogens with zero attached hydrogens (tertiary/aromatic N) is 1. The number of nitrogens with one attached hydrogen (secondary N) is 1. The molecule has 3 heterocycles. The SMILES string of the molecule is C.COc1cc2c(C(C)CC(=O)N3C4CC5CC3CC(O)(C5)C4)c[nH]c2cc1Cl. The molecule has 4 bridgehead atoms. The van der Waals surface area contributed by atoms with Crippen molar-refractivity contribution in [2.75, 3.05) is 7.11 Å². The van der Waals surface area contributed by atoms with Crippen LogP contribution in [0.4, 0.5) is 0 Å². The lowest BCUT2D eigenvalue weighted by Crippen LogP contribution is -2.65. The average molecular weight is 419 g/mol. The van der Waals surface area contributed by atoms with Gasteiger partial charge in [0.1, 0.15) is 5.75 Å². The lowest BCUT2D eigenvalue weighted by Gasteiger charge is -2.59. The van der Waals surface area contributed by atoms with E-state index in [1.54, 1.807) is 7.11 Å². The molecule has 4 aliphatic rings. The van der Waals surface area contributed by atoms with E-state index < -0.39 is 5.60 Å². The molecule has 1 aromatic heterocycles. The standard InChI is InChI=1S/C22H27ClN2O3.CH4/c1-12(17-11-24-19-7-18(23)20(28-2)6-16(17)19)3-21(26)25-14-4-13-5-15(25)10-22(27,8-13)9-14;/h6-7,11-15,24,27H,3-5,8-10H2,1-2H3;1H4. The van der Waals surface area contributed by atoms with Crippen LogP contribution >= 0.6 is 11.6 Å². The fourth-order valence-electron chi connectivity index (χ4n) is 6.18. The van der Waals surface area contributed by atoms with Gasteiger partial charge in [0.15, 0.2) is 0 Å². The van der Waals surface area contributed by atoms with Gasteiger partial charge in [-0.15, -0.1) is 0 Å². The first-order valence-corrected chi connectivity index (χ1v) is 10.6. The van der Waals surface area contributed by atoms with Crippen molar-refractivity contribution in [2.24, 2.45) is 5.92 Å². The summed E-state index contributed by atoms with van der Waals surface area (Å²) in [6.07, 6.45) is 7.01. The number of rotatable bonds is 4. The Morgan fingerprint density at radius 3 is 2.66 bits per heavy atom. The lowest BCUT2D eigenvalue weighted by atomic mass is 9.61. The Morgan fingerprint density at radius 2 is 2.03 bits per heavy atom. The number of halogens is 1. The first-order chi connectivity index (χ1) is 13.4. The van der Waals surface area contributed by atoms with Gasteiger partial charge >= 0.3 is 0 Å². The number of aromatic amines is 1. The Labute approximate surface area is 177 Å². The van der Waals surface area contributed by atoms with Crippen LogP contribution < -0.4 is 4.74 Å². The molecule has 1 aromatic carbocycles. The Balaban J connectivity index is 0.00000205. The van der Waals surface area contributed by atoms with Crippen molar-refractivity contribution < 1.29 is 14.6 Å². The van der Waals surface area contributed by atoms with Gasteiger partial charge in [-0.25, -0.2) is 0 Å². The summed E-state index contributed by atoms with van der Waals surface area (Å²) in [5.41, 5.74) is 1.55. The van der Waals surface area contributed by atoms with Gasteiger partial charge in [-0.05, 0) is 61.6 Å². The van der Waals surface area contributed by atoms with Gasteiger partial charge in [0.2, 0.25) is 5.91 Å². The summed E-state index contributed by atoms with van der Waals surface area (Å²) in [4.78, 5) is 18.6. The molecule has 5 nitrogen and oxygen atoms in total. The molecule has 0 spiro atoms. The number of amides is 1. The van der Waals surface area contributed by atoms with Gasteiger partial charge in [-0.1, -0.05) is 26.0 Å². The highest BCUT2D eigenvalue weighted by atomic mass is 35.5. The van der Waals surface area contributed by atoms with Crippen LogP contribution in [0.1, 0.15) is 64.4 Å². The van der Waals surface area contributed by atoms with Gasteiger partial charge in [0, 0.05) is 35.6 Å². The molecule has 3 unspecified atom stereocenters. The third-order valence-corrected chi connectivity index (χ3v) is 7.48. The largest absolute Gasteiger partial charge is 0.495 e. The molecule has 3 atom stereocenters. The van der Waals surface area contributed by atoms with E-state index in [1.807, 2.05) is 18.3 Å². The molecule has 158 valence electrons. The van der Waals surface area contributed by atoms with Gasteiger partial charge in [-0.3, -0.25) is 4.79 Å². The molecule has 6 heteroatoms. The minimum Gasteiger partial charge on any atom is -0.495 e. The number of aromatic nitrogens is 1.